The Bertz CT molecular complexity index is 622. The van der Waals surface area contributed by atoms with Gasteiger partial charge >= 0.3 is 0 Å². The Morgan fingerprint density at radius 3 is 2.68 bits per heavy atom. The molecule has 0 saturated heterocycles. The van der Waals surface area contributed by atoms with Crippen molar-refractivity contribution in [1.29, 1.82) is 0 Å². The fraction of sp³-hybridized carbons (Fsp3) is 0.188. The van der Waals surface area contributed by atoms with Crippen LogP contribution >= 0.6 is 0 Å². The Morgan fingerprint density at radius 1 is 1.16 bits per heavy atom. The summed E-state index contributed by atoms with van der Waals surface area (Å²) in [7, 11) is 0. The molecule has 0 radical (unpaired) electrons. The van der Waals surface area contributed by atoms with Gasteiger partial charge in [0.05, 0.1) is 5.92 Å². The van der Waals surface area contributed by atoms with Gasteiger partial charge in [-0.25, -0.2) is 0 Å². The van der Waals surface area contributed by atoms with Crippen molar-refractivity contribution in [3.05, 3.63) is 65.2 Å². The van der Waals surface area contributed by atoms with E-state index in [4.69, 9.17) is 5.73 Å². The third-order valence-electron chi connectivity index (χ3n) is 3.67. The van der Waals surface area contributed by atoms with E-state index < -0.39 is 0 Å². The van der Waals surface area contributed by atoms with E-state index >= 15 is 0 Å². The predicted octanol–water partition coefficient (Wildman–Crippen LogP) is 2.42. The first-order valence-corrected chi connectivity index (χ1v) is 6.46. The number of nitrogens with two attached hydrogens (primary N) is 1. The second-order valence-electron chi connectivity index (χ2n) is 4.81. The first-order valence-electron chi connectivity index (χ1n) is 6.46. The average molecular weight is 252 g/mol. The maximum Gasteiger partial charge on any atom is 0.232 e. The van der Waals surface area contributed by atoms with Gasteiger partial charge in [0.2, 0.25) is 5.91 Å². The molecule has 3 heteroatoms. The monoisotopic (exact) mass is 252 g/mol. The molecule has 1 aliphatic carbocycles. The summed E-state index contributed by atoms with van der Waals surface area (Å²) < 4.78 is 0. The molecule has 19 heavy (non-hydrogen) atoms. The number of para-hydroxylation sites is 1. The summed E-state index contributed by atoms with van der Waals surface area (Å²) in [5.41, 5.74) is 9.87. The third-order valence-corrected chi connectivity index (χ3v) is 3.67. The fourth-order valence-electron chi connectivity index (χ4n) is 2.53. The normalized spacial score (nSPS) is 16.4. The summed E-state index contributed by atoms with van der Waals surface area (Å²) in [6.45, 7) is 0.428. The summed E-state index contributed by atoms with van der Waals surface area (Å²) in [5, 5.41) is 2.99. The summed E-state index contributed by atoms with van der Waals surface area (Å²) in [5.74, 6) is 0.0293. The van der Waals surface area contributed by atoms with Crippen molar-refractivity contribution in [2.24, 2.45) is 5.73 Å². The molecule has 0 heterocycles. The van der Waals surface area contributed by atoms with E-state index in [1.165, 1.54) is 5.56 Å². The van der Waals surface area contributed by atoms with Crippen LogP contribution in [0.2, 0.25) is 0 Å². The minimum atomic E-state index is -0.0259. The van der Waals surface area contributed by atoms with Crippen LogP contribution in [0.1, 0.15) is 22.6 Å². The van der Waals surface area contributed by atoms with Crippen LogP contribution in [-0.4, -0.2) is 5.91 Å². The number of fused-ring (bicyclic) bond motifs is 1. The number of hydrogen-bond donors (Lipinski definition) is 2. The van der Waals surface area contributed by atoms with Crippen LogP contribution in [-0.2, 0) is 17.8 Å². The number of carbonyl (C=O) groups excluding carboxylic acids is 1. The van der Waals surface area contributed by atoms with Crippen molar-refractivity contribution in [3.8, 4) is 0 Å². The molecule has 2 aromatic rings. The van der Waals surface area contributed by atoms with E-state index in [-0.39, 0.29) is 11.8 Å². The third kappa shape index (κ3) is 2.13. The van der Waals surface area contributed by atoms with Gasteiger partial charge in [-0.2, -0.15) is 0 Å². The Balaban J connectivity index is 1.77. The molecule has 3 nitrogen and oxygen atoms in total. The van der Waals surface area contributed by atoms with Gasteiger partial charge in [-0.05, 0) is 29.2 Å². The number of benzene rings is 2. The molecule has 1 amide bonds. The molecule has 96 valence electrons. The van der Waals surface area contributed by atoms with Gasteiger partial charge in [0.1, 0.15) is 0 Å². The first kappa shape index (κ1) is 11.9. The van der Waals surface area contributed by atoms with Gasteiger partial charge < -0.3 is 11.1 Å². The Kier molecular flexibility index (Phi) is 3.05. The second-order valence-corrected chi connectivity index (χ2v) is 4.81. The average Bonchev–Trinajstić information content (AvgIpc) is 2.41. The predicted molar refractivity (Wildman–Crippen MR) is 75.9 cm³/mol. The largest absolute Gasteiger partial charge is 0.326 e. The zero-order valence-corrected chi connectivity index (χ0v) is 10.6. The molecule has 0 spiro atoms. The van der Waals surface area contributed by atoms with Crippen LogP contribution in [0, 0.1) is 0 Å². The molecule has 1 unspecified atom stereocenters. The van der Waals surface area contributed by atoms with Gasteiger partial charge in [-0.1, -0.05) is 42.5 Å². The fourth-order valence-corrected chi connectivity index (χ4v) is 2.53. The van der Waals surface area contributed by atoms with Gasteiger partial charge in [0.25, 0.3) is 0 Å². The lowest BCUT2D eigenvalue weighted by molar-refractivity contribution is -0.118. The highest BCUT2D eigenvalue weighted by Crippen LogP contribution is 2.35. The summed E-state index contributed by atoms with van der Waals surface area (Å²) >= 11 is 0. The van der Waals surface area contributed by atoms with Crippen molar-refractivity contribution in [1.82, 2.24) is 0 Å². The van der Waals surface area contributed by atoms with E-state index in [1.54, 1.807) is 0 Å². The molecular formula is C16H16N2O. The number of hydrogen-bond acceptors (Lipinski definition) is 2. The summed E-state index contributed by atoms with van der Waals surface area (Å²) in [4.78, 5) is 12.3. The van der Waals surface area contributed by atoms with Crippen molar-refractivity contribution >= 4 is 11.6 Å². The maximum absolute atomic E-state index is 12.3. The molecule has 0 bridgehead atoms. The van der Waals surface area contributed by atoms with Gasteiger partial charge in [-0.15, -0.1) is 0 Å². The Morgan fingerprint density at radius 2 is 1.89 bits per heavy atom. The van der Waals surface area contributed by atoms with Crippen LogP contribution in [0.25, 0.3) is 0 Å². The highest BCUT2D eigenvalue weighted by atomic mass is 16.1. The van der Waals surface area contributed by atoms with E-state index in [2.05, 4.69) is 11.4 Å². The zero-order chi connectivity index (χ0) is 13.2. The van der Waals surface area contributed by atoms with E-state index in [9.17, 15) is 4.79 Å². The number of carbonyl (C=O) groups is 1. The van der Waals surface area contributed by atoms with E-state index in [0.29, 0.717) is 6.54 Å². The lowest BCUT2D eigenvalue weighted by atomic mass is 9.77. The van der Waals surface area contributed by atoms with Crippen molar-refractivity contribution < 1.29 is 4.79 Å². The molecule has 2 aromatic carbocycles. The van der Waals surface area contributed by atoms with Crippen LogP contribution < -0.4 is 11.1 Å². The highest BCUT2D eigenvalue weighted by molar-refractivity contribution is 5.98. The van der Waals surface area contributed by atoms with Gasteiger partial charge in [0.15, 0.2) is 0 Å². The minimum absolute atomic E-state index is 0.0259. The molecule has 0 saturated carbocycles. The van der Waals surface area contributed by atoms with Crippen molar-refractivity contribution in [3.63, 3.8) is 0 Å². The van der Waals surface area contributed by atoms with Crippen LogP contribution in [0.4, 0.5) is 5.69 Å². The lowest BCUT2D eigenvalue weighted by Gasteiger charge is -2.29. The molecule has 3 rings (SSSR count). The first-order chi connectivity index (χ1) is 9.29. The highest BCUT2D eigenvalue weighted by Gasteiger charge is 2.31. The molecule has 0 aromatic heterocycles. The van der Waals surface area contributed by atoms with E-state index in [0.717, 1.165) is 23.2 Å². The molecular weight excluding hydrogens is 236 g/mol. The molecule has 3 N–H and O–H groups in total. The standard InChI is InChI=1S/C16H16N2O/c17-10-12-6-2-4-8-15(12)18-16(19)14-9-11-5-1-3-7-13(11)14/h1-8,14H,9-10,17H2,(H,18,19). The number of anilines is 1. The second kappa shape index (κ2) is 4.86. The number of rotatable bonds is 3. The molecule has 0 aliphatic heterocycles. The Labute approximate surface area is 112 Å². The van der Waals surface area contributed by atoms with E-state index in [1.807, 2.05) is 42.5 Å². The smallest absolute Gasteiger partial charge is 0.232 e. The van der Waals surface area contributed by atoms with Gasteiger partial charge in [-0.3, -0.25) is 4.79 Å². The van der Waals surface area contributed by atoms with Crippen molar-refractivity contribution in [2.75, 3.05) is 5.32 Å². The van der Waals surface area contributed by atoms with Crippen LogP contribution in [0.5, 0.6) is 0 Å². The summed E-state index contributed by atoms with van der Waals surface area (Å²) in [6, 6.07) is 15.8. The number of nitrogens with one attached hydrogen (secondary N) is 1. The quantitative estimate of drug-likeness (QED) is 0.881. The summed E-state index contributed by atoms with van der Waals surface area (Å²) in [6.07, 6.45) is 0.826. The zero-order valence-electron chi connectivity index (χ0n) is 10.6. The molecule has 1 atom stereocenters. The number of amides is 1. The van der Waals surface area contributed by atoms with Crippen LogP contribution in [0.3, 0.4) is 0 Å². The van der Waals surface area contributed by atoms with Crippen molar-refractivity contribution in [2.45, 2.75) is 18.9 Å². The minimum Gasteiger partial charge on any atom is -0.326 e. The molecule has 1 aliphatic rings. The SMILES string of the molecule is NCc1ccccc1NC(=O)C1Cc2ccccc21. The Hall–Kier alpha value is -2.13. The lowest BCUT2D eigenvalue weighted by Crippen LogP contribution is -2.30. The maximum atomic E-state index is 12.3. The molecule has 0 fully saturated rings. The van der Waals surface area contributed by atoms with Crippen LogP contribution in [0.15, 0.2) is 48.5 Å². The van der Waals surface area contributed by atoms with Gasteiger partial charge in [0, 0.05) is 12.2 Å². The topological polar surface area (TPSA) is 55.1 Å².